The molecule has 5 nitrogen and oxygen atoms in total. The second-order valence-corrected chi connectivity index (χ2v) is 2.05. The second-order valence-electron chi connectivity index (χ2n) is 1.88. The third kappa shape index (κ3) is 0.932. The van der Waals surface area contributed by atoms with Crippen LogP contribution in [-0.4, -0.2) is 35.1 Å². The molecule has 1 atom stereocenters. The Morgan fingerprint density at radius 1 is 1.90 bits per heavy atom. The first-order chi connectivity index (χ1) is 4.66. The highest BCUT2D eigenvalue weighted by Crippen LogP contribution is 2.02. The van der Waals surface area contributed by atoms with E-state index in [9.17, 15) is 4.79 Å². The van der Waals surface area contributed by atoms with Gasteiger partial charge in [-0.05, 0) is 0 Å². The number of halogens is 1. The van der Waals surface area contributed by atoms with E-state index >= 15 is 0 Å². The number of carbonyl (C=O) groups excluding carboxylic acids is 1. The Morgan fingerprint density at radius 2 is 2.50 bits per heavy atom. The first-order valence-corrected chi connectivity index (χ1v) is 2.91. The SMILES string of the molecule is CN1C(=NCl)NC(=O)C1O. The molecule has 1 unspecified atom stereocenters. The fourth-order valence-corrected chi connectivity index (χ4v) is 0.797. The topological polar surface area (TPSA) is 64.9 Å². The van der Waals surface area contributed by atoms with Crippen molar-refractivity contribution in [2.75, 3.05) is 7.05 Å². The smallest absolute Gasteiger partial charge is 0.276 e. The minimum Gasteiger partial charge on any atom is -0.365 e. The lowest BCUT2D eigenvalue weighted by atomic mass is 10.5. The van der Waals surface area contributed by atoms with Crippen molar-refractivity contribution >= 4 is 23.6 Å². The van der Waals surface area contributed by atoms with Crippen molar-refractivity contribution in [1.29, 1.82) is 0 Å². The van der Waals surface area contributed by atoms with Crippen LogP contribution in [0.15, 0.2) is 4.51 Å². The third-order valence-electron chi connectivity index (χ3n) is 1.25. The number of nitrogens with zero attached hydrogens (tertiary/aromatic N) is 2. The lowest BCUT2D eigenvalue weighted by Crippen LogP contribution is -2.31. The number of amides is 1. The number of carbonyl (C=O) groups is 1. The summed E-state index contributed by atoms with van der Waals surface area (Å²) in [6.45, 7) is 0. The highest BCUT2D eigenvalue weighted by atomic mass is 35.5. The summed E-state index contributed by atoms with van der Waals surface area (Å²) >= 11 is 5.05. The summed E-state index contributed by atoms with van der Waals surface area (Å²) < 4.78 is 3.19. The summed E-state index contributed by atoms with van der Waals surface area (Å²) in [6.07, 6.45) is -1.17. The Morgan fingerprint density at radius 3 is 2.70 bits per heavy atom. The van der Waals surface area contributed by atoms with Crippen molar-refractivity contribution in [2.45, 2.75) is 6.23 Å². The van der Waals surface area contributed by atoms with Gasteiger partial charge in [0.2, 0.25) is 12.2 Å². The molecule has 0 aliphatic carbocycles. The van der Waals surface area contributed by atoms with E-state index in [-0.39, 0.29) is 5.96 Å². The molecule has 1 rings (SSSR count). The molecule has 1 aliphatic rings. The molecular weight excluding hydrogens is 158 g/mol. The summed E-state index contributed by atoms with van der Waals surface area (Å²) in [7, 11) is 1.50. The van der Waals surface area contributed by atoms with Gasteiger partial charge in [0.25, 0.3) is 5.91 Å². The minimum atomic E-state index is -1.17. The highest BCUT2D eigenvalue weighted by molar-refractivity contribution is 6.22. The van der Waals surface area contributed by atoms with Gasteiger partial charge in [0.05, 0.1) is 0 Å². The van der Waals surface area contributed by atoms with Crippen molar-refractivity contribution in [3.63, 3.8) is 0 Å². The van der Waals surface area contributed by atoms with Crippen molar-refractivity contribution in [1.82, 2.24) is 10.2 Å². The quantitative estimate of drug-likeness (QED) is 0.475. The molecule has 10 heavy (non-hydrogen) atoms. The first kappa shape index (κ1) is 7.30. The molecule has 6 heteroatoms. The van der Waals surface area contributed by atoms with Crippen molar-refractivity contribution < 1.29 is 9.90 Å². The Hall–Kier alpha value is -0.810. The van der Waals surface area contributed by atoms with Crippen LogP contribution in [0.5, 0.6) is 0 Å². The fraction of sp³-hybridized carbons (Fsp3) is 0.500. The van der Waals surface area contributed by atoms with Crippen LogP contribution in [0, 0.1) is 0 Å². The molecule has 1 aliphatic heterocycles. The number of hydrogen-bond acceptors (Lipinski definition) is 3. The van der Waals surface area contributed by atoms with Gasteiger partial charge in [-0.2, -0.15) is 0 Å². The average molecular weight is 164 g/mol. The van der Waals surface area contributed by atoms with Crippen molar-refractivity contribution in [3.8, 4) is 0 Å². The van der Waals surface area contributed by atoms with Gasteiger partial charge in [-0.15, -0.1) is 4.51 Å². The zero-order valence-corrected chi connectivity index (χ0v) is 5.96. The van der Waals surface area contributed by atoms with Gasteiger partial charge in [-0.1, -0.05) is 0 Å². The van der Waals surface area contributed by atoms with E-state index in [4.69, 9.17) is 16.9 Å². The van der Waals surface area contributed by atoms with Gasteiger partial charge >= 0.3 is 0 Å². The van der Waals surface area contributed by atoms with Crippen LogP contribution >= 0.6 is 11.8 Å². The first-order valence-electron chi connectivity index (χ1n) is 2.57. The van der Waals surface area contributed by atoms with Gasteiger partial charge < -0.3 is 10.0 Å². The molecule has 0 spiro atoms. The molecule has 1 saturated heterocycles. The molecule has 2 N–H and O–H groups in total. The molecule has 1 amide bonds. The second kappa shape index (κ2) is 2.43. The summed E-state index contributed by atoms with van der Waals surface area (Å²) in [5, 5.41) is 11.2. The molecule has 1 heterocycles. The van der Waals surface area contributed by atoms with Crippen LogP contribution in [0.1, 0.15) is 0 Å². The number of aliphatic hydroxyl groups is 1. The Balaban J connectivity index is 2.81. The predicted molar refractivity (Wildman–Crippen MR) is 35.2 cm³/mol. The van der Waals surface area contributed by atoms with Gasteiger partial charge in [-0.25, -0.2) is 0 Å². The van der Waals surface area contributed by atoms with Gasteiger partial charge in [0, 0.05) is 18.8 Å². The summed E-state index contributed by atoms with van der Waals surface area (Å²) in [6, 6.07) is 0. The number of likely N-dealkylation sites (N-methyl/N-ethyl adjacent to an activating group) is 1. The van der Waals surface area contributed by atoms with E-state index in [0.29, 0.717) is 0 Å². The van der Waals surface area contributed by atoms with E-state index in [2.05, 4.69) is 9.83 Å². The van der Waals surface area contributed by atoms with Gasteiger partial charge in [-0.3, -0.25) is 10.1 Å². The van der Waals surface area contributed by atoms with E-state index in [1.54, 1.807) is 0 Å². The molecule has 1 fully saturated rings. The fourth-order valence-electron chi connectivity index (χ4n) is 0.635. The Labute approximate surface area is 62.4 Å². The average Bonchev–Trinajstić information content (AvgIpc) is 2.17. The van der Waals surface area contributed by atoms with Crippen LogP contribution in [0.3, 0.4) is 0 Å². The number of nitrogens with one attached hydrogen (secondary N) is 1. The van der Waals surface area contributed by atoms with Crippen molar-refractivity contribution in [2.24, 2.45) is 4.51 Å². The lowest BCUT2D eigenvalue weighted by molar-refractivity contribution is -0.129. The zero-order valence-electron chi connectivity index (χ0n) is 5.21. The number of aliphatic hydroxyl groups excluding tert-OH is 1. The maximum atomic E-state index is 10.6. The highest BCUT2D eigenvalue weighted by Gasteiger charge is 2.31. The Kier molecular flexibility index (Phi) is 1.78. The molecule has 0 aromatic heterocycles. The van der Waals surface area contributed by atoms with E-state index < -0.39 is 12.1 Å². The lowest BCUT2D eigenvalue weighted by Gasteiger charge is -2.10. The normalized spacial score (nSPS) is 29.5. The summed E-state index contributed by atoms with van der Waals surface area (Å²) in [5.74, 6) is -0.346. The van der Waals surface area contributed by atoms with Crippen LogP contribution in [0.25, 0.3) is 0 Å². The summed E-state index contributed by atoms with van der Waals surface area (Å²) in [4.78, 5) is 11.8. The molecular formula is C4H6ClN3O2. The molecule has 0 aromatic carbocycles. The van der Waals surface area contributed by atoms with E-state index in [0.717, 1.165) is 0 Å². The number of guanidine groups is 1. The van der Waals surface area contributed by atoms with E-state index in [1.165, 1.54) is 11.9 Å². The molecule has 0 bridgehead atoms. The predicted octanol–water partition coefficient (Wildman–Crippen LogP) is -1.12. The van der Waals surface area contributed by atoms with Gasteiger partial charge in [0.1, 0.15) is 0 Å². The van der Waals surface area contributed by atoms with Crippen molar-refractivity contribution in [3.05, 3.63) is 0 Å². The standard InChI is InChI=1S/C4H6ClN3O2/c1-8-3(10)2(9)6-4(8)7-5/h3,10H,1H3,(H,6,7,9). The Bertz CT molecular complexity index is 193. The molecule has 0 radical (unpaired) electrons. The number of hydrogen-bond donors (Lipinski definition) is 2. The van der Waals surface area contributed by atoms with Crippen LogP contribution in [0.4, 0.5) is 0 Å². The van der Waals surface area contributed by atoms with Crippen LogP contribution in [-0.2, 0) is 4.79 Å². The minimum absolute atomic E-state index is 0.166. The number of rotatable bonds is 0. The summed E-state index contributed by atoms with van der Waals surface area (Å²) in [5.41, 5.74) is 0. The third-order valence-corrected chi connectivity index (χ3v) is 1.41. The van der Waals surface area contributed by atoms with Crippen LogP contribution in [0.2, 0.25) is 0 Å². The zero-order chi connectivity index (χ0) is 7.72. The monoisotopic (exact) mass is 163 g/mol. The maximum absolute atomic E-state index is 10.6. The molecule has 56 valence electrons. The van der Waals surface area contributed by atoms with E-state index in [1.807, 2.05) is 0 Å². The maximum Gasteiger partial charge on any atom is 0.276 e. The van der Waals surface area contributed by atoms with Crippen LogP contribution < -0.4 is 5.32 Å². The largest absolute Gasteiger partial charge is 0.365 e. The van der Waals surface area contributed by atoms with Gasteiger partial charge in [0.15, 0.2) is 0 Å². The molecule has 0 aromatic rings. The molecule has 0 saturated carbocycles.